The van der Waals surface area contributed by atoms with Crippen molar-refractivity contribution in [3.8, 4) is 0 Å². The van der Waals surface area contributed by atoms with Crippen LogP contribution in [0.15, 0.2) is 20.1 Å². The lowest BCUT2D eigenvalue weighted by Gasteiger charge is -2.19. The van der Waals surface area contributed by atoms with Crippen LogP contribution in [0.3, 0.4) is 0 Å². The minimum Gasteiger partial charge on any atom is -0.209 e. The quantitative estimate of drug-likeness (QED) is 0.724. The van der Waals surface area contributed by atoms with Gasteiger partial charge in [-0.3, -0.25) is 0 Å². The van der Waals surface area contributed by atoms with Gasteiger partial charge in [-0.15, -0.1) is 22.9 Å². The van der Waals surface area contributed by atoms with E-state index in [9.17, 15) is 17.2 Å². The highest BCUT2D eigenvalue weighted by Crippen LogP contribution is 2.30. The second-order valence-corrected chi connectivity index (χ2v) is 7.28. The predicted octanol–water partition coefficient (Wildman–Crippen LogP) is 3.01. The number of hydrogen-bond donors (Lipinski definition) is 0. The van der Waals surface area contributed by atoms with Crippen molar-refractivity contribution in [3.05, 3.63) is 15.9 Å². The summed E-state index contributed by atoms with van der Waals surface area (Å²) in [6.07, 6.45) is -2.73. The molecule has 1 aromatic rings. The maximum Gasteiger partial charge on any atom is 0.253 e. The van der Waals surface area contributed by atoms with Crippen LogP contribution in [0, 0.1) is 0 Å². The van der Waals surface area contributed by atoms with Gasteiger partial charge >= 0.3 is 0 Å². The predicted molar refractivity (Wildman–Crippen MR) is 67.5 cm³/mol. The number of halogens is 4. The molecule has 9 heteroatoms. The highest BCUT2D eigenvalue weighted by atomic mass is 79.9. The zero-order valence-corrected chi connectivity index (χ0v) is 12.4. The van der Waals surface area contributed by atoms with Gasteiger partial charge in [0.2, 0.25) is 0 Å². The van der Waals surface area contributed by atoms with E-state index in [2.05, 4.69) is 15.9 Å². The first-order valence-electron chi connectivity index (χ1n) is 4.47. The smallest absolute Gasteiger partial charge is 0.209 e. The third-order valence-electron chi connectivity index (χ3n) is 1.83. The van der Waals surface area contributed by atoms with Crippen LogP contribution in [0.5, 0.6) is 0 Å². The molecule has 0 bridgehead atoms. The van der Waals surface area contributed by atoms with Crippen molar-refractivity contribution in [1.29, 1.82) is 0 Å². The van der Waals surface area contributed by atoms with Gasteiger partial charge in [-0.25, -0.2) is 17.2 Å². The Bertz CT molecular complexity index is 466. The average molecular weight is 369 g/mol. The highest BCUT2D eigenvalue weighted by Gasteiger charge is 2.29. The fraction of sp³-hybridized carbons (Fsp3) is 0.500. The first-order chi connectivity index (χ1) is 7.89. The lowest BCUT2D eigenvalue weighted by atomic mass is 10.6. The molecule has 0 atom stereocenters. The Balaban J connectivity index is 3.04. The zero-order chi connectivity index (χ0) is 13.1. The van der Waals surface area contributed by atoms with E-state index in [-0.39, 0.29) is 16.6 Å². The van der Waals surface area contributed by atoms with Crippen LogP contribution in [0.2, 0.25) is 0 Å². The summed E-state index contributed by atoms with van der Waals surface area (Å²) < 4.78 is 49.8. The largest absolute Gasteiger partial charge is 0.253 e. The number of thiophene rings is 1. The third kappa shape index (κ3) is 3.85. The van der Waals surface area contributed by atoms with Gasteiger partial charge in [0.25, 0.3) is 16.4 Å². The van der Waals surface area contributed by atoms with Crippen LogP contribution in [0.4, 0.5) is 8.78 Å². The fourth-order valence-corrected chi connectivity index (χ4v) is 5.31. The van der Waals surface area contributed by atoms with Gasteiger partial charge in [-0.2, -0.15) is 4.31 Å². The molecule has 0 aliphatic carbocycles. The van der Waals surface area contributed by atoms with Crippen LogP contribution in [0.25, 0.3) is 0 Å². The van der Waals surface area contributed by atoms with Gasteiger partial charge in [0.05, 0.1) is 6.54 Å². The van der Waals surface area contributed by atoms with Crippen molar-refractivity contribution in [1.82, 2.24) is 4.31 Å². The lowest BCUT2D eigenvalue weighted by Crippen LogP contribution is -2.36. The summed E-state index contributed by atoms with van der Waals surface area (Å²) in [6.45, 7) is -0.988. The number of hydrogen-bond acceptors (Lipinski definition) is 3. The van der Waals surface area contributed by atoms with Crippen molar-refractivity contribution in [2.45, 2.75) is 10.6 Å². The van der Waals surface area contributed by atoms with Crippen molar-refractivity contribution in [2.75, 3.05) is 19.0 Å². The molecule has 98 valence electrons. The standard InChI is InChI=1S/C8H9BrClF2NO2S2/c9-6-1-4-16-8(6)17(14,15)13(3-2-10)5-7(11)12/h1,4,7H,2-3,5H2. The van der Waals surface area contributed by atoms with Crippen LogP contribution in [-0.4, -0.2) is 38.1 Å². The summed E-state index contributed by atoms with van der Waals surface area (Å²) in [7, 11) is -3.91. The van der Waals surface area contributed by atoms with E-state index in [1.54, 1.807) is 11.4 Å². The normalized spacial score (nSPS) is 12.6. The second-order valence-electron chi connectivity index (χ2n) is 3.00. The lowest BCUT2D eigenvalue weighted by molar-refractivity contribution is 0.121. The molecule has 0 radical (unpaired) electrons. The molecule has 0 aliphatic rings. The summed E-state index contributed by atoms with van der Waals surface area (Å²) >= 11 is 9.47. The van der Waals surface area contributed by atoms with Crippen LogP contribution < -0.4 is 0 Å². The van der Waals surface area contributed by atoms with Gasteiger partial charge in [-0.1, -0.05) is 0 Å². The Hall–Kier alpha value is 0.240. The average Bonchev–Trinajstić information content (AvgIpc) is 2.63. The molecule has 1 aromatic heterocycles. The van der Waals surface area contributed by atoms with E-state index in [0.717, 1.165) is 11.3 Å². The summed E-state index contributed by atoms with van der Waals surface area (Å²) in [4.78, 5) is 0. The van der Waals surface area contributed by atoms with E-state index in [4.69, 9.17) is 11.6 Å². The van der Waals surface area contributed by atoms with Crippen LogP contribution in [-0.2, 0) is 10.0 Å². The molecular formula is C8H9BrClF2NO2S2. The highest BCUT2D eigenvalue weighted by molar-refractivity contribution is 9.10. The molecule has 1 rings (SSSR count). The third-order valence-corrected chi connectivity index (χ3v) is 6.52. The van der Waals surface area contributed by atoms with E-state index in [1.807, 2.05) is 0 Å². The number of nitrogens with zero attached hydrogens (tertiary/aromatic N) is 1. The van der Waals surface area contributed by atoms with Gasteiger partial charge in [0.1, 0.15) is 4.21 Å². The first kappa shape index (κ1) is 15.3. The van der Waals surface area contributed by atoms with Crippen LogP contribution >= 0.6 is 38.9 Å². The molecular weight excluding hydrogens is 360 g/mol. The molecule has 1 heterocycles. The van der Waals surface area contributed by atoms with Crippen molar-refractivity contribution < 1.29 is 17.2 Å². The Kier molecular flexibility index (Phi) is 5.78. The molecule has 0 spiro atoms. The van der Waals surface area contributed by atoms with Crippen molar-refractivity contribution in [2.24, 2.45) is 0 Å². The van der Waals surface area contributed by atoms with Gasteiger partial charge in [-0.05, 0) is 27.4 Å². The second kappa shape index (κ2) is 6.42. The molecule has 0 aromatic carbocycles. The summed E-state index contributed by atoms with van der Waals surface area (Å²) in [5.41, 5.74) is 0. The van der Waals surface area contributed by atoms with Gasteiger partial charge in [0, 0.05) is 16.9 Å². The molecule has 0 saturated heterocycles. The van der Waals surface area contributed by atoms with Crippen molar-refractivity contribution >= 4 is 48.9 Å². The van der Waals surface area contributed by atoms with Gasteiger partial charge < -0.3 is 0 Å². The van der Waals surface area contributed by atoms with E-state index in [0.29, 0.717) is 8.78 Å². The zero-order valence-electron chi connectivity index (χ0n) is 8.45. The molecule has 0 saturated carbocycles. The van der Waals surface area contributed by atoms with Crippen molar-refractivity contribution in [3.63, 3.8) is 0 Å². The number of sulfonamides is 1. The molecule has 17 heavy (non-hydrogen) atoms. The Morgan fingerprint density at radius 1 is 1.53 bits per heavy atom. The molecule has 0 fully saturated rings. The molecule has 0 aliphatic heterocycles. The molecule has 3 nitrogen and oxygen atoms in total. The van der Waals surface area contributed by atoms with Crippen LogP contribution in [0.1, 0.15) is 0 Å². The maximum atomic E-state index is 12.3. The summed E-state index contributed by atoms with van der Waals surface area (Å²) in [6, 6.07) is 1.55. The monoisotopic (exact) mass is 367 g/mol. The Labute approximate surface area is 116 Å². The van der Waals surface area contributed by atoms with E-state index >= 15 is 0 Å². The molecule has 0 N–H and O–H groups in total. The number of rotatable bonds is 6. The summed E-state index contributed by atoms with van der Waals surface area (Å²) in [5.74, 6) is -0.0328. The Morgan fingerprint density at radius 3 is 2.59 bits per heavy atom. The number of alkyl halides is 3. The molecule has 0 unspecified atom stereocenters. The maximum absolute atomic E-state index is 12.3. The SMILES string of the molecule is O=S(=O)(c1sccc1Br)N(CCCl)CC(F)F. The Morgan fingerprint density at radius 2 is 2.18 bits per heavy atom. The van der Waals surface area contributed by atoms with E-state index < -0.39 is 23.0 Å². The minimum atomic E-state index is -3.91. The molecule has 0 amide bonds. The first-order valence-corrected chi connectivity index (χ1v) is 8.11. The van der Waals surface area contributed by atoms with Gasteiger partial charge in [0.15, 0.2) is 0 Å². The fourth-order valence-electron chi connectivity index (χ4n) is 1.14. The minimum absolute atomic E-state index is 0.0169. The summed E-state index contributed by atoms with van der Waals surface area (Å²) in [5, 5.41) is 1.57. The van der Waals surface area contributed by atoms with E-state index in [1.165, 1.54) is 0 Å². The topological polar surface area (TPSA) is 37.4 Å².